The molecular formula is C13H18O4. The molecule has 1 heterocycles. The summed E-state index contributed by atoms with van der Waals surface area (Å²) in [5.41, 5.74) is 1.81. The highest BCUT2D eigenvalue weighted by molar-refractivity contribution is 5.61. The van der Waals surface area contributed by atoms with Crippen molar-refractivity contribution in [3.63, 3.8) is 0 Å². The predicted molar refractivity (Wildman–Crippen MR) is 63.9 cm³/mol. The molecule has 0 fully saturated rings. The third kappa shape index (κ3) is 1.72. The molecule has 0 radical (unpaired) electrons. The van der Waals surface area contributed by atoms with Crippen molar-refractivity contribution in [3.05, 3.63) is 17.2 Å². The van der Waals surface area contributed by atoms with Crippen LogP contribution in [0.3, 0.4) is 0 Å². The Balaban J connectivity index is 2.69. The van der Waals surface area contributed by atoms with Gasteiger partial charge in [0.2, 0.25) is 5.75 Å². The van der Waals surface area contributed by atoms with Gasteiger partial charge in [-0.25, -0.2) is 0 Å². The monoisotopic (exact) mass is 238 g/mol. The van der Waals surface area contributed by atoms with E-state index in [1.165, 1.54) is 0 Å². The Bertz CT molecular complexity index is 438. The molecule has 0 aliphatic carbocycles. The lowest BCUT2D eigenvalue weighted by molar-refractivity contribution is -0.00819. The van der Waals surface area contributed by atoms with Gasteiger partial charge in [-0.2, -0.15) is 0 Å². The summed E-state index contributed by atoms with van der Waals surface area (Å²) < 4.78 is 21.9. The summed E-state index contributed by atoms with van der Waals surface area (Å²) in [7, 11) is 4.85. The molecule has 0 aromatic heterocycles. The van der Waals surface area contributed by atoms with Gasteiger partial charge in [-0.3, -0.25) is 0 Å². The highest BCUT2D eigenvalue weighted by Gasteiger charge is 2.36. The van der Waals surface area contributed by atoms with E-state index in [0.717, 1.165) is 11.1 Å². The van der Waals surface area contributed by atoms with Crippen molar-refractivity contribution in [3.8, 4) is 17.2 Å². The Morgan fingerprint density at radius 2 is 1.71 bits per heavy atom. The molecule has 17 heavy (non-hydrogen) atoms. The Labute approximate surface area is 101 Å². The van der Waals surface area contributed by atoms with Gasteiger partial charge in [0, 0.05) is 5.56 Å². The Morgan fingerprint density at radius 1 is 1.06 bits per heavy atom. The minimum atomic E-state index is -0.317. The second kappa shape index (κ2) is 4.11. The minimum Gasteiger partial charge on any atom is -0.493 e. The summed E-state index contributed by atoms with van der Waals surface area (Å²) >= 11 is 0. The van der Waals surface area contributed by atoms with Crippen LogP contribution in [0.1, 0.15) is 25.0 Å². The number of benzene rings is 1. The topological polar surface area (TPSA) is 36.9 Å². The largest absolute Gasteiger partial charge is 0.493 e. The number of hydrogen-bond donors (Lipinski definition) is 0. The van der Waals surface area contributed by atoms with Crippen LogP contribution in [0, 0.1) is 0 Å². The average molecular weight is 238 g/mol. The van der Waals surface area contributed by atoms with Crippen LogP contribution in [0.2, 0.25) is 0 Å². The van der Waals surface area contributed by atoms with Gasteiger partial charge < -0.3 is 18.9 Å². The van der Waals surface area contributed by atoms with Crippen LogP contribution >= 0.6 is 0 Å². The molecule has 0 atom stereocenters. The summed E-state index contributed by atoms with van der Waals surface area (Å²) in [6.45, 7) is 4.60. The van der Waals surface area contributed by atoms with E-state index in [9.17, 15) is 0 Å². The van der Waals surface area contributed by atoms with Gasteiger partial charge in [0.05, 0.1) is 33.5 Å². The van der Waals surface area contributed by atoms with Gasteiger partial charge in [0.1, 0.15) is 0 Å². The number of ether oxygens (including phenoxy) is 4. The first-order chi connectivity index (χ1) is 8.05. The van der Waals surface area contributed by atoms with E-state index in [2.05, 4.69) is 0 Å². The predicted octanol–water partition coefficient (Wildman–Crippen LogP) is 2.48. The maximum absolute atomic E-state index is 5.76. The molecule has 4 heteroatoms. The third-order valence-corrected chi connectivity index (χ3v) is 3.16. The van der Waals surface area contributed by atoms with Crippen LogP contribution in [0.25, 0.3) is 0 Å². The zero-order chi connectivity index (χ0) is 12.6. The molecule has 1 aliphatic heterocycles. The van der Waals surface area contributed by atoms with Crippen molar-refractivity contribution in [1.29, 1.82) is 0 Å². The van der Waals surface area contributed by atoms with Crippen molar-refractivity contribution in [2.75, 3.05) is 21.3 Å². The molecule has 1 aromatic rings. The maximum Gasteiger partial charge on any atom is 0.203 e. The smallest absolute Gasteiger partial charge is 0.203 e. The van der Waals surface area contributed by atoms with Crippen LogP contribution in [0.15, 0.2) is 6.07 Å². The molecule has 0 N–H and O–H groups in total. The van der Waals surface area contributed by atoms with Crippen molar-refractivity contribution >= 4 is 0 Å². The van der Waals surface area contributed by atoms with Crippen LogP contribution in [-0.2, 0) is 16.9 Å². The van der Waals surface area contributed by atoms with E-state index < -0.39 is 0 Å². The van der Waals surface area contributed by atoms with Gasteiger partial charge in [0.15, 0.2) is 11.5 Å². The third-order valence-electron chi connectivity index (χ3n) is 3.16. The second-order valence-electron chi connectivity index (χ2n) is 4.47. The van der Waals surface area contributed by atoms with Crippen LogP contribution in [-0.4, -0.2) is 21.3 Å². The van der Waals surface area contributed by atoms with E-state index in [1.54, 1.807) is 21.3 Å². The fourth-order valence-electron chi connectivity index (χ4n) is 2.23. The summed E-state index contributed by atoms with van der Waals surface area (Å²) in [6, 6.07) is 1.96. The Hall–Kier alpha value is -1.42. The van der Waals surface area contributed by atoms with E-state index in [1.807, 2.05) is 19.9 Å². The van der Waals surface area contributed by atoms with Crippen LogP contribution < -0.4 is 14.2 Å². The van der Waals surface area contributed by atoms with Gasteiger partial charge >= 0.3 is 0 Å². The summed E-state index contributed by atoms with van der Waals surface area (Å²) in [4.78, 5) is 0. The van der Waals surface area contributed by atoms with E-state index in [0.29, 0.717) is 23.9 Å². The van der Waals surface area contributed by atoms with Crippen molar-refractivity contribution in [2.45, 2.75) is 26.1 Å². The molecule has 0 unspecified atom stereocenters. The lowest BCUT2D eigenvalue weighted by Gasteiger charge is -2.20. The van der Waals surface area contributed by atoms with Gasteiger partial charge in [0.25, 0.3) is 0 Å². The first kappa shape index (κ1) is 12.0. The van der Waals surface area contributed by atoms with Crippen LogP contribution in [0.5, 0.6) is 17.2 Å². The molecule has 1 aromatic carbocycles. The molecule has 0 bridgehead atoms. The van der Waals surface area contributed by atoms with Gasteiger partial charge in [-0.1, -0.05) is 0 Å². The molecular weight excluding hydrogens is 220 g/mol. The fraction of sp³-hybridized carbons (Fsp3) is 0.538. The van der Waals surface area contributed by atoms with Crippen molar-refractivity contribution in [1.82, 2.24) is 0 Å². The van der Waals surface area contributed by atoms with Crippen molar-refractivity contribution in [2.24, 2.45) is 0 Å². The molecule has 4 nitrogen and oxygen atoms in total. The van der Waals surface area contributed by atoms with E-state index >= 15 is 0 Å². The quantitative estimate of drug-likeness (QED) is 0.810. The molecule has 0 saturated carbocycles. The average Bonchev–Trinajstić information content (AvgIpc) is 2.62. The highest BCUT2D eigenvalue weighted by Crippen LogP contribution is 2.49. The fourth-order valence-corrected chi connectivity index (χ4v) is 2.23. The van der Waals surface area contributed by atoms with Crippen LogP contribution in [0.4, 0.5) is 0 Å². The molecule has 94 valence electrons. The Kier molecular flexibility index (Phi) is 2.91. The normalized spacial score (nSPS) is 16.5. The zero-order valence-corrected chi connectivity index (χ0v) is 10.9. The molecule has 1 aliphatic rings. The molecule has 0 saturated heterocycles. The molecule has 0 amide bonds. The number of rotatable bonds is 3. The van der Waals surface area contributed by atoms with Gasteiger partial charge in [-0.15, -0.1) is 0 Å². The first-order valence-corrected chi connectivity index (χ1v) is 5.51. The zero-order valence-electron chi connectivity index (χ0n) is 10.9. The summed E-state index contributed by atoms with van der Waals surface area (Å²) in [5.74, 6) is 1.99. The summed E-state index contributed by atoms with van der Waals surface area (Å²) in [5, 5.41) is 0. The van der Waals surface area contributed by atoms with Gasteiger partial charge in [-0.05, 0) is 25.5 Å². The number of methoxy groups -OCH3 is 3. The van der Waals surface area contributed by atoms with Crippen molar-refractivity contribution < 1.29 is 18.9 Å². The van der Waals surface area contributed by atoms with E-state index in [4.69, 9.17) is 18.9 Å². The number of hydrogen-bond acceptors (Lipinski definition) is 4. The highest BCUT2D eigenvalue weighted by atomic mass is 16.5. The second-order valence-corrected chi connectivity index (χ2v) is 4.47. The SMILES string of the molecule is COc1cc2c(c(OC)c1OC)COC2(C)C. The first-order valence-electron chi connectivity index (χ1n) is 5.51. The number of fused-ring (bicyclic) bond motifs is 1. The maximum atomic E-state index is 5.76. The lowest BCUT2D eigenvalue weighted by atomic mass is 9.95. The molecule has 0 spiro atoms. The van der Waals surface area contributed by atoms with E-state index in [-0.39, 0.29) is 5.60 Å². The Morgan fingerprint density at radius 3 is 2.24 bits per heavy atom. The summed E-state index contributed by atoms with van der Waals surface area (Å²) in [6.07, 6.45) is 0. The lowest BCUT2D eigenvalue weighted by Crippen LogP contribution is -2.14. The minimum absolute atomic E-state index is 0.317. The standard InChI is InChI=1S/C13H18O4/c1-13(2)9-6-10(14-3)12(16-5)11(15-4)8(9)7-17-13/h6H,7H2,1-5H3. The molecule has 2 rings (SSSR count).